The Hall–Kier alpha value is -3.23. The van der Waals surface area contributed by atoms with Crippen LogP contribution in [0.4, 0.5) is 16.2 Å². The van der Waals surface area contributed by atoms with E-state index in [1.165, 1.54) is 17.2 Å². The van der Waals surface area contributed by atoms with Crippen LogP contribution in [0.2, 0.25) is 0 Å². The van der Waals surface area contributed by atoms with Crippen LogP contribution < -0.4 is 17.0 Å². The summed E-state index contributed by atoms with van der Waals surface area (Å²) in [5, 5.41) is 20.2. The number of fused-ring (bicyclic) bond motifs is 2. The lowest BCUT2D eigenvalue weighted by molar-refractivity contribution is -0.0522. The van der Waals surface area contributed by atoms with E-state index < -0.39 is 68.6 Å². The number of aromatic nitrogens is 8. The Bertz CT molecular complexity index is 1700. The number of nitrogens with zero attached hydrogens (tertiary/aromatic N) is 7. The molecule has 0 radical (unpaired) electrons. The second-order valence-corrected chi connectivity index (χ2v) is 12.2. The zero-order chi connectivity index (χ0) is 29.1. The first-order chi connectivity index (χ1) is 19.6. The van der Waals surface area contributed by atoms with Crippen molar-refractivity contribution in [1.29, 1.82) is 0 Å². The van der Waals surface area contributed by atoms with Crippen molar-refractivity contribution in [2.75, 3.05) is 24.7 Å². The highest BCUT2D eigenvalue weighted by molar-refractivity contribution is 8.44. The van der Waals surface area contributed by atoms with E-state index in [1.54, 1.807) is 4.57 Å². The maximum atomic E-state index is 15.3. The van der Waals surface area contributed by atoms with Crippen molar-refractivity contribution < 1.29 is 37.7 Å². The van der Waals surface area contributed by atoms with E-state index in [2.05, 4.69) is 42.2 Å². The van der Waals surface area contributed by atoms with Gasteiger partial charge in [-0.2, -0.15) is 4.98 Å². The fraction of sp³-hybridized carbons (Fsp3) is 0.500. The van der Waals surface area contributed by atoms with E-state index in [1.807, 2.05) is 0 Å². The van der Waals surface area contributed by atoms with Gasteiger partial charge in [0.25, 0.3) is 5.56 Å². The van der Waals surface area contributed by atoms with Crippen molar-refractivity contribution in [1.82, 2.24) is 39.0 Å². The predicted octanol–water partition coefficient (Wildman–Crippen LogP) is -0.560. The zero-order valence-corrected chi connectivity index (χ0v) is 22.6. The van der Waals surface area contributed by atoms with Crippen LogP contribution in [0.5, 0.6) is 0 Å². The quantitative estimate of drug-likeness (QED) is 0.107. The fourth-order valence-electron chi connectivity index (χ4n) is 4.78. The third kappa shape index (κ3) is 5.06. The molecule has 4 aromatic heterocycles. The number of nitrogens with one attached hydrogen (secondary N) is 1. The SMILES string of the molecule is Nc1nc2c(ncn2[C@@H]2O[C@H](CO)[C@@H](F)[C@H]2OP(=O)(S)OC[C@H]2O[C@@H](n3cnc4c(N)ncnc43)C[C@H]2O)c(=O)[nH]1. The molecule has 0 aliphatic carbocycles. The summed E-state index contributed by atoms with van der Waals surface area (Å²) in [7, 11) is 0. The smallest absolute Gasteiger partial charge is 0.386 e. The first-order valence-corrected chi connectivity index (χ1v) is 14.8. The van der Waals surface area contributed by atoms with Crippen molar-refractivity contribution in [3.8, 4) is 0 Å². The summed E-state index contributed by atoms with van der Waals surface area (Å²) in [4.78, 5) is 34.6. The fourth-order valence-corrected chi connectivity index (χ4v) is 6.23. The summed E-state index contributed by atoms with van der Waals surface area (Å²) in [6.45, 7) is -5.52. The number of thiol groups is 1. The van der Waals surface area contributed by atoms with E-state index in [4.69, 9.17) is 30.0 Å². The van der Waals surface area contributed by atoms with Gasteiger partial charge < -0.3 is 31.2 Å². The summed E-state index contributed by atoms with van der Waals surface area (Å²) < 4.78 is 53.5. The molecule has 0 amide bonds. The minimum absolute atomic E-state index is 0.0573. The standard InChI is InChI=1S/C20H24FN10O8PS/c21-11-8(2-32)38-19(31-6-27-13-17(31)28-20(23)29-18(13)34)14(11)39-40(35,41)36-3-9-7(33)1-10(37-9)30-5-26-12-15(22)24-4-25-16(12)30/h4-11,14,19,32-33H,1-3H2,(H,35,41)(H2,22,24,25)(H3,23,28,29,34)/t7-,8-,9-,10-,11-,14-,19-,40?/m1/s1. The summed E-state index contributed by atoms with van der Waals surface area (Å²) >= 11 is 3.98. The molecule has 6 heterocycles. The Balaban J connectivity index is 1.17. The Morgan fingerprint density at radius 3 is 2.68 bits per heavy atom. The number of alkyl halides is 1. The highest BCUT2D eigenvalue weighted by Crippen LogP contribution is 2.57. The second kappa shape index (κ2) is 10.6. The van der Waals surface area contributed by atoms with E-state index >= 15 is 4.39 Å². The molecule has 0 bridgehead atoms. The number of imidazole rings is 2. The van der Waals surface area contributed by atoms with Crippen molar-refractivity contribution in [2.24, 2.45) is 0 Å². The van der Waals surface area contributed by atoms with Crippen LogP contribution in [0.15, 0.2) is 23.8 Å². The molecule has 0 spiro atoms. The lowest BCUT2D eigenvalue weighted by Crippen LogP contribution is -2.32. The monoisotopic (exact) mass is 614 g/mol. The molecule has 6 rings (SSSR count). The second-order valence-electron chi connectivity index (χ2n) is 9.32. The largest absolute Gasteiger partial charge is 0.394 e. The number of hydrogen-bond acceptors (Lipinski definition) is 15. The number of aliphatic hydroxyl groups excluding tert-OH is 2. The topological polar surface area (TPSA) is 254 Å². The van der Waals surface area contributed by atoms with E-state index in [0.29, 0.717) is 11.2 Å². The van der Waals surface area contributed by atoms with Crippen LogP contribution in [0, 0.1) is 0 Å². The molecule has 2 saturated heterocycles. The number of anilines is 2. The Labute approximate surface area is 233 Å². The lowest BCUT2D eigenvalue weighted by Gasteiger charge is -2.25. The number of aliphatic hydroxyl groups is 2. The van der Waals surface area contributed by atoms with Crippen molar-refractivity contribution in [3.05, 3.63) is 29.3 Å². The van der Waals surface area contributed by atoms with Gasteiger partial charge in [0.2, 0.25) is 5.95 Å². The molecule has 0 saturated carbocycles. The summed E-state index contributed by atoms with van der Waals surface area (Å²) in [5.41, 5.74) is 11.4. The van der Waals surface area contributed by atoms with E-state index in [9.17, 15) is 19.6 Å². The van der Waals surface area contributed by atoms with Gasteiger partial charge in [-0.05, 0) is 0 Å². The van der Waals surface area contributed by atoms with Gasteiger partial charge >= 0.3 is 6.80 Å². The minimum Gasteiger partial charge on any atom is -0.394 e. The van der Waals surface area contributed by atoms with Crippen LogP contribution in [-0.2, 0) is 23.1 Å². The molecule has 8 atom stereocenters. The van der Waals surface area contributed by atoms with Crippen molar-refractivity contribution in [3.63, 3.8) is 0 Å². The Kier molecular flexibility index (Phi) is 7.19. The molecule has 0 aromatic carbocycles. The number of halogens is 1. The van der Waals surface area contributed by atoms with Crippen LogP contribution >= 0.6 is 19.0 Å². The molecule has 4 aromatic rings. The van der Waals surface area contributed by atoms with Crippen LogP contribution in [0.25, 0.3) is 22.3 Å². The molecule has 21 heteroatoms. The molecule has 1 unspecified atom stereocenters. The van der Waals surface area contributed by atoms with Gasteiger partial charge in [-0.3, -0.25) is 28.0 Å². The first kappa shape index (κ1) is 27.9. The molecular weight excluding hydrogens is 590 g/mol. The maximum Gasteiger partial charge on any atom is 0.386 e. The Morgan fingerprint density at radius 1 is 1.15 bits per heavy atom. The number of hydrogen-bond donors (Lipinski definition) is 6. The van der Waals surface area contributed by atoms with Gasteiger partial charge in [-0.15, -0.1) is 0 Å². The number of nitrogens with two attached hydrogens (primary N) is 2. The number of rotatable bonds is 8. The highest BCUT2D eigenvalue weighted by atomic mass is 32.7. The summed E-state index contributed by atoms with van der Waals surface area (Å²) in [6, 6.07) is 0. The normalized spacial score (nSPS) is 29.9. The van der Waals surface area contributed by atoms with Gasteiger partial charge in [0.1, 0.15) is 36.4 Å². The average molecular weight is 615 g/mol. The van der Waals surface area contributed by atoms with Gasteiger partial charge in [0.15, 0.2) is 35.0 Å². The molecule has 2 fully saturated rings. The molecular formula is C20H24FN10O8PS. The van der Waals surface area contributed by atoms with Crippen LogP contribution in [0.1, 0.15) is 18.9 Å². The Morgan fingerprint density at radius 2 is 1.90 bits per heavy atom. The number of nitrogen functional groups attached to an aromatic ring is 2. The molecule has 2 aliphatic heterocycles. The highest BCUT2D eigenvalue weighted by Gasteiger charge is 2.50. The molecule has 2 aliphatic rings. The number of ether oxygens (including phenoxy) is 2. The molecule has 220 valence electrons. The first-order valence-electron chi connectivity index (χ1n) is 12.1. The molecule has 7 N–H and O–H groups in total. The van der Waals surface area contributed by atoms with Gasteiger partial charge in [-0.25, -0.2) is 28.9 Å². The van der Waals surface area contributed by atoms with Crippen LogP contribution in [-0.4, -0.2) is 93.1 Å². The summed E-state index contributed by atoms with van der Waals surface area (Å²) in [5.74, 6) is -0.0506. The van der Waals surface area contributed by atoms with Gasteiger partial charge in [0.05, 0.1) is 32.0 Å². The van der Waals surface area contributed by atoms with Gasteiger partial charge in [-0.1, -0.05) is 12.2 Å². The van der Waals surface area contributed by atoms with Crippen LogP contribution in [0.3, 0.4) is 0 Å². The van der Waals surface area contributed by atoms with Crippen molar-refractivity contribution in [2.45, 2.75) is 49.5 Å². The lowest BCUT2D eigenvalue weighted by atomic mass is 10.1. The molecule has 41 heavy (non-hydrogen) atoms. The predicted molar refractivity (Wildman–Crippen MR) is 140 cm³/mol. The maximum absolute atomic E-state index is 15.3. The average Bonchev–Trinajstić information content (AvgIpc) is 3.69. The third-order valence-electron chi connectivity index (χ3n) is 6.73. The number of aromatic amines is 1. The van der Waals surface area contributed by atoms with Crippen molar-refractivity contribution >= 4 is 53.1 Å². The molecule has 18 nitrogen and oxygen atoms in total. The number of H-pyrrole nitrogens is 1. The van der Waals surface area contributed by atoms with E-state index in [0.717, 1.165) is 6.33 Å². The minimum atomic E-state index is -4.34. The van der Waals surface area contributed by atoms with E-state index in [-0.39, 0.29) is 29.4 Å². The third-order valence-corrected chi connectivity index (χ3v) is 8.34. The summed E-state index contributed by atoms with van der Waals surface area (Å²) in [6.07, 6.45) is -5.14. The van der Waals surface area contributed by atoms with Gasteiger partial charge in [0, 0.05) is 6.42 Å². The zero-order valence-electron chi connectivity index (χ0n) is 20.8.